The fourth-order valence-corrected chi connectivity index (χ4v) is 7.29. The Bertz CT molecular complexity index is 1850. The van der Waals surface area contributed by atoms with Gasteiger partial charge in [-0.3, -0.25) is 19.2 Å². The van der Waals surface area contributed by atoms with E-state index in [0.717, 1.165) is 16.7 Å². The molecule has 61 heavy (non-hydrogen) atoms. The highest BCUT2D eigenvalue weighted by atomic mass is 16.6. The minimum absolute atomic E-state index is 0.0922. The van der Waals surface area contributed by atoms with Crippen LogP contribution in [0.15, 0.2) is 91.0 Å². The highest BCUT2D eigenvalue weighted by molar-refractivity contribution is 5.95. The summed E-state index contributed by atoms with van der Waals surface area (Å²) in [6.07, 6.45) is -0.337. The minimum Gasteiger partial charge on any atom is -0.480 e. The van der Waals surface area contributed by atoms with Gasteiger partial charge in [0.1, 0.15) is 35.3 Å². The Morgan fingerprint density at radius 3 is 1.70 bits per heavy atom. The SMILES string of the molecule is CC(C)C[C@H](NC(=O)[C@@H]1CCCN1C(=O)[C@H](COC(C)(C)C)NC(=O)OC(C)(C)C)C(=O)N[C@@H](CCC(=O)NC(c1ccccc1)(c1ccccc1)c1ccccc1)C(=O)O. The topological polar surface area (TPSA) is 192 Å². The largest absolute Gasteiger partial charge is 0.480 e. The summed E-state index contributed by atoms with van der Waals surface area (Å²) in [5, 5.41) is 21.4. The highest BCUT2D eigenvalue weighted by Crippen LogP contribution is 2.37. The number of likely N-dealkylation sites (tertiary alicyclic amines) is 1. The number of ether oxygens (including phenoxy) is 2. The second-order valence-electron chi connectivity index (χ2n) is 17.8. The number of hydrogen-bond acceptors (Lipinski definition) is 8. The normalized spacial score (nSPS) is 15.9. The summed E-state index contributed by atoms with van der Waals surface area (Å²) < 4.78 is 11.3. The number of rotatable bonds is 18. The first-order chi connectivity index (χ1) is 28.7. The third-order valence-electron chi connectivity index (χ3n) is 10.1. The van der Waals surface area contributed by atoms with Crippen molar-refractivity contribution in [3.05, 3.63) is 108 Å². The number of carboxylic acid groups (broad SMARTS) is 1. The Morgan fingerprint density at radius 1 is 0.721 bits per heavy atom. The quantitative estimate of drug-likeness (QED) is 0.100. The summed E-state index contributed by atoms with van der Waals surface area (Å²) in [5.41, 5.74) is -0.182. The van der Waals surface area contributed by atoms with Crippen LogP contribution >= 0.6 is 0 Å². The number of nitrogens with one attached hydrogen (secondary N) is 4. The van der Waals surface area contributed by atoms with Crippen LogP contribution in [0.5, 0.6) is 0 Å². The maximum atomic E-state index is 14.0. The summed E-state index contributed by atoms with van der Waals surface area (Å²) in [4.78, 5) is 82.4. The van der Waals surface area contributed by atoms with Gasteiger partial charge in [0.2, 0.25) is 23.6 Å². The van der Waals surface area contributed by atoms with Crippen LogP contribution in [-0.2, 0) is 39.0 Å². The van der Waals surface area contributed by atoms with Crippen LogP contribution in [0.3, 0.4) is 0 Å². The van der Waals surface area contributed by atoms with Crippen molar-refractivity contribution >= 4 is 35.7 Å². The van der Waals surface area contributed by atoms with E-state index in [2.05, 4.69) is 21.3 Å². The van der Waals surface area contributed by atoms with Gasteiger partial charge in [-0.25, -0.2) is 9.59 Å². The Labute approximate surface area is 359 Å². The third-order valence-corrected chi connectivity index (χ3v) is 10.1. The van der Waals surface area contributed by atoms with E-state index in [-0.39, 0.29) is 38.3 Å². The number of carbonyl (C=O) groups is 6. The van der Waals surface area contributed by atoms with E-state index in [4.69, 9.17) is 9.47 Å². The molecule has 0 radical (unpaired) electrons. The average Bonchev–Trinajstić information content (AvgIpc) is 3.70. The zero-order valence-corrected chi connectivity index (χ0v) is 36.7. The number of amides is 5. The van der Waals surface area contributed by atoms with E-state index in [1.54, 1.807) is 20.8 Å². The van der Waals surface area contributed by atoms with Gasteiger partial charge in [-0.1, -0.05) is 105 Å². The van der Waals surface area contributed by atoms with Gasteiger partial charge in [0.15, 0.2) is 0 Å². The number of hydrogen-bond donors (Lipinski definition) is 5. The van der Waals surface area contributed by atoms with Crippen molar-refractivity contribution in [3.63, 3.8) is 0 Å². The summed E-state index contributed by atoms with van der Waals surface area (Å²) in [6, 6.07) is 23.8. The van der Waals surface area contributed by atoms with Gasteiger partial charge in [-0.2, -0.15) is 0 Å². The lowest BCUT2D eigenvalue weighted by atomic mass is 9.77. The molecule has 0 saturated carbocycles. The molecule has 0 unspecified atom stereocenters. The van der Waals surface area contributed by atoms with Gasteiger partial charge in [-0.15, -0.1) is 0 Å². The van der Waals surface area contributed by atoms with Crippen molar-refractivity contribution in [2.24, 2.45) is 5.92 Å². The molecular weight excluding hydrogens is 779 g/mol. The van der Waals surface area contributed by atoms with Gasteiger partial charge < -0.3 is 40.7 Å². The van der Waals surface area contributed by atoms with E-state index in [1.165, 1.54) is 4.90 Å². The van der Waals surface area contributed by atoms with Crippen molar-refractivity contribution < 1.29 is 43.3 Å². The van der Waals surface area contributed by atoms with Gasteiger partial charge in [0, 0.05) is 13.0 Å². The van der Waals surface area contributed by atoms with Crippen molar-refractivity contribution in [2.75, 3.05) is 13.2 Å². The number of carboxylic acids is 1. The zero-order chi connectivity index (χ0) is 45.0. The molecule has 14 nitrogen and oxygen atoms in total. The summed E-state index contributed by atoms with van der Waals surface area (Å²) >= 11 is 0. The predicted octanol–water partition coefficient (Wildman–Crippen LogP) is 5.67. The van der Waals surface area contributed by atoms with E-state index in [0.29, 0.717) is 12.8 Å². The number of aliphatic carboxylic acids is 1. The number of nitrogens with zero attached hydrogens (tertiary/aromatic N) is 1. The molecule has 0 aromatic heterocycles. The standard InChI is InChI=1S/C47H63N5O9/c1-31(2)29-36(49-41(55)38-25-18-28-52(38)42(56)37(30-60-45(3,4)5)50-44(59)61-46(6,7)8)40(54)48-35(43(57)58)26-27-39(53)51-47(32-19-12-9-13-20-32,33-21-14-10-15-22-33)34-23-16-11-17-24-34/h9-17,19-24,31,35-38H,18,25-30H2,1-8H3,(H,48,54)(H,49,55)(H,50,59)(H,51,53)(H,57,58)/t35-,36-,37-,38-/m0/s1. The summed E-state index contributed by atoms with van der Waals surface area (Å²) in [7, 11) is 0. The molecule has 14 heteroatoms. The van der Waals surface area contributed by atoms with Crippen LogP contribution in [0.1, 0.15) is 104 Å². The third kappa shape index (κ3) is 13.9. The first-order valence-corrected chi connectivity index (χ1v) is 20.9. The lowest BCUT2D eigenvalue weighted by molar-refractivity contribution is -0.144. The Kier molecular flexibility index (Phi) is 16.6. The van der Waals surface area contributed by atoms with Crippen LogP contribution in [0.2, 0.25) is 0 Å². The molecule has 1 aliphatic heterocycles. The molecule has 3 aromatic carbocycles. The summed E-state index contributed by atoms with van der Waals surface area (Å²) in [6.45, 7) is 14.3. The Balaban J connectivity index is 1.49. The van der Waals surface area contributed by atoms with Gasteiger partial charge >= 0.3 is 12.1 Å². The van der Waals surface area contributed by atoms with Crippen LogP contribution < -0.4 is 21.3 Å². The lowest BCUT2D eigenvalue weighted by Gasteiger charge is -2.37. The fraction of sp³-hybridized carbons (Fsp3) is 0.489. The monoisotopic (exact) mass is 841 g/mol. The molecule has 1 aliphatic rings. The van der Waals surface area contributed by atoms with Crippen molar-refractivity contribution in [3.8, 4) is 0 Å². The smallest absolute Gasteiger partial charge is 0.408 e. The zero-order valence-electron chi connectivity index (χ0n) is 36.7. The first-order valence-electron chi connectivity index (χ1n) is 20.9. The molecule has 4 atom stereocenters. The maximum Gasteiger partial charge on any atom is 0.408 e. The van der Waals surface area contributed by atoms with Crippen molar-refractivity contribution in [2.45, 2.75) is 128 Å². The number of carbonyl (C=O) groups excluding carboxylic acids is 5. The Morgan fingerprint density at radius 2 is 1.25 bits per heavy atom. The van der Waals surface area contributed by atoms with Crippen LogP contribution in [0.4, 0.5) is 4.79 Å². The Hall–Kier alpha value is -5.76. The molecule has 0 bridgehead atoms. The van der Waals surface area contributed by atoms with E-state index < -0.39 is 76.6 Å². The molecule has 1 saturated heterocycles. The molecule has 4 rings (SSSR count). The minimum atomic E-state index is -1.46. The average molecular weight is 842 g/mol. The van der Waals surface area contributed by atoms with Gasteiger partial charge in [0.05, 0.1) is 12.2 Å². The molecule has 330 valence electrons. The lowest BCUT2D eigenvalue weighted by Crippen LogP contribution is -2.58. The molecule has 0 aliphatic carbocycles. The number of benzene rings is 3. The molecule has 1 fully saturated rings. The molecule has 5 N–H and O–H groups in total. The molecule has 1 heterocycles. The molecule has 5 amide bonds. The summed E-state index contributed by atoms with van der Waals surface area (Å²) in [5.74, 6) is -3.75. The molecule has 3 aromatic rings. The van der Waals surface area contributed by atoms with Crippen LogP contribution in [-0.4, -0.2) is 94.2 Å². The number of alkyl carbamates (subject to hydrolysis) is 1. The molecule has 0 spiro atoms. The molecular formula is C47H63N5O9. The van der Waals surface area contributed by atoms with Crippen LogP contribution in [0, 0.1) is 5.92 Å². The second kappa shape index (κ2) is 21.2. The van der Waals surface area contributed by atoms with E-state index in [9.17, 15) is 33.9 Å². The second-order valence-corrected chi connectivity index (χ2v) is 17.8. The van der Waals surface area contributed by atoms with Crippen molar-refractivity contribution in [1.82, 2.24) is 26.2 Å². The highest BCUT2D eigenvalue weighted by Gasteiger charge is 2.41. The fourth-order valence-electron chi connectivity index (χ4n) is 7.29. The van der Waals surface area contributed by atoms with E-state index >= 15 is 0 Å². The van der Waals surface area contributed by atoms with Crippen LogP contribution in [0.25, 0.3) is 0 Å². The van der Waals surface area contributed by atoms with Crippen molar-refractivity contribution in [1.29, 1.82) is 0 Å². The predicted molar refractivity (Wildman–Crippen MR) is 231 cm³/mol. The first kappa shape index (κ1) is 47.9. The van der Waals surface area contributed by atoms with Gasteiger partial charge in [-0.05, 0) is 89.8 Å². The van der Waals surface area contributed by atoms with E-state index in [1.807, 2.05) is 126 Å². The maximum absolute atomic E-state index is 14.0. The van der Waals surface area contributed by atoms with Gasteiger partial charge in [0.25, 0.3) is 0 Å².